The van der Waals surface area contributed by atoms with Crippen LogP contribution in [-0.2, 0) is 14.3 Å². The average molecular weight is 407 g/mol. The van der Waals surface area contributed by atoms with E-state index in [2.05, 4.69) is 0 Å². The Kier molecular flexibility index (Phi) is 5.43. The Morgan fingerprint density at radius 2 is 1.60 bits per heavy atom. The number of ether oxygens (including phenoxy) is 1. The minimum absolute atomic E-state index is 0.118. The van der Waals surface area contributed by atoms with Crippen molar-refractivity contribution in [2.75, 3.05) is 0 Å². The zero-order valence-electron chi connectivity index (χ0n) is 16.6. The Balaban J connectivity index is 1.65. The van der Waals surface area contributed by atoms with Crippen molar-refractivity contribution in [1.82, 2.24) is 0 Å². The van der Waals surface area contributed by atoms with Crippen LogP contribution in [0.1, 0.15) is 47.5 Å². The summed E-state index contributed by atoms with van der Waals surface area (Å²) >= 11 is 0. The van der Waals surface area contributed by atoms with Gasteiger partial charge < -0.3 is 15.6 Å². The summed E-state index contributed by atoms with van der Waals surface area (Å²) in [5.74, 6) is -2.10. The summed E-state index contributed by atoms with van der Waals surface area (Å²) in [5, 5.41) is 8.80. The highest BCUT2D eigenvalue weighted by Crippen LogP contribution is 2.59. The molecule has 2 aromatic carbocycles. The van der Waals surface area contributed by atoms with Crippen LogP contribution in [0.2, 0.25) is 0 Å². The van der Waals surface area contributed by atoms with Gasteiger partial charge in [0.25, 0.3) is 0 Å². The Morgan fingerprint density at radius 3 is 2.23 bits per heavy atom. The third kappa shape index (κ3) is 3.52. The normalized spacial score (nSPS) is 29.5. The maximum atomic E-state index is 13.6. The van der Waals surface area contributed by atoms with E-state index in [9.17, 15) is 14.4 Å². The molecule has 0 amide bonds. The maximum absolute atomic E-state index is 13.6. The molecule has 2 aliphatic carbocycles. The predicted molar refractivity (Wildman–Crippen MR) is 110 cm³/mol. The minimum atomic E-state index is -1.19. The third-order valence-electron chi connectivity index (χ3n) is 6.55. The molecule has 6 nitrogen and oxygen atoms in total. The fraction of sp³-hybridized carbons (Fsp3) is 0.375. The molecule has 6 heteroatoms. The molecule has 0 heterocycles. The van der Waals surface area contributed by atoms with Crippen LogP contribution in [0.5, 0.6) is 0 Å². The highest BCUT2D eigenvalue weighted by molar-refractivity contribution is 6.04. The number of fused-ring (bicyclic) bond motifs is 2. The van der Waals surface area contributed by atoms with Crippen molar-refractivity contribution < 1.29 is 24.2 Å². The van der Waals surface area contributed by atoms with Crippen LogP contribution in [0.15, 0.2) is 60.7 Å². The van der Waals surface area contributed by atoms with Gasteiger partial charge in [0.1, 0.15) is 6.10 Å². The van der Waals surface area contributed by atoms with Gasteiger partial charge in [0.05, 0.1) is 18.4 Å². The number of nitrogens with two attached hydrogens (primary N) is 1. The van der Waals surface area contributed by atoms with Crippen molar-refractivity contribution in [1.29, 1.82) is 0 Å². The molecule has 0 aromatic heterocycles. The molecular weight excluding hydrogens is 382 g/mol. The topological polar surface area (TPSA) is 107 Å². The van der Waals surface area contributed by atoms with E-state index < -0.39 is 23.6 Å². The van der Waals surface area contributed by atoms with E-state index in [0.29, 0.717) is 18.4 Å². The first-order chi connectivity index (χ1) is 14.4. The molecule has 0 unspecified atom stereocenters. The number of carboxylic acids is 1. The molecule has 2 saturated carbocycles. The van der Waals surface area contributed by atoms with Crippen LogP contribution >= 0.6 is 0 Å². The molecule has 5 atom stereocenters. The number of carbonyl (C=O) groups excluding carboxylic acids is 2. The van der Waals surface area contributed by atoms with Crippen molar-refractivity contribution in [3.63, 3.8) is 0 Å². The summed E-state index contributed by atoms with van der Waals surface area (Å²) in [6, 6.07) is 18.8. The highest BCUT2D eigenvalue weighted by atomic mass is 16.5. The van der Waals surface area contributed by atoms with Gasteiger partial charge in [-0.3, -0.25) is 14.4 Å². The number of rotatable bonds is 7. The Morgan fingerprint density at radius 1 is 0.967 bits per heavy atom. The standard InChI is InChI=1S/C24H25NO5/c25-24(23(29)16-9-5-2-6-10-16)18-13-17(22(24)15-7-3-1-4-8-15)14-19(18)30-21(28)12-11-20(26)27/h1-10,17-19,22H,11-14,25H2,(H,26,27)/t17-,18+,19+,22-,24-/m1/s1. The predicted octanol–water partition coefficient (Wildman–Crippen LogP) is 3.17. The summed E-state index contributed by atoms with van der Waals surface area (Å²) in [4.78, 5) is 36.6. The molecule has 2 fully saturated rings. The van der Waals surface area contributed by atoms with E-state index in [-0.39, 0.29) is 36.4 Å². The fourth-order valence-corrected chi connectivity index (χ4v) is 5.36. The third-order valence-corrected chi connectivity index (χ3v) is 6.55. The molecule has 2 aromatic rings. The Labute approximate surface area is 175 Å². The number of esters is 1. The number of Topliss-reactive ketones (excluding diaryl/α,β-unsaturated/α-hetero) is 1. The van der Waals surface area contributed by atoms with Gasteiger partial charge in [-0.05, 0) is 24.3 Å². The first kappa shape index (κ1) is 20.3. The van der Waals surface area contributed by atoms with Crippen LogP contribution in [0.4, 0.5) is 0 Å². The molecule has 0 aliphatic heterocycles. The van der Waals surface area contributed by atoms with Gasteiger partial charge in [-0.2, -0.15) is 0 Å². The molecule has 0 saturated heterocycles. The van der Waals surface area contributed by atoms with Crippen molar-refractivity contribution in [2.24, 2.45) is 17.6 Å². The van der Waals surface area contributed by atoms with Gasteiger partial charge in [-0.25, -0.2) is 0 Å². The van der Waals surface area contributed by atoms with Crippen LogP contribution < -0.4 is 5.73 Å². The molecule has 30 heavy (non-hydrogen) atoms. The summed E-state index contributed by atoms with van der Waals surface area (Å²) in [6.45, 7) is 0. The van der Waals surface area contributed by atoms with E-state index in [1.54, 1.807) is 12.1 Å². The summed E-state index contributed by atoms with van der Waals surface area (Å²) in [7, 11) is 0. The van der Waals surface area contributed by atoms with Crippen molar-refractivity contribution in [2.45, 2.75) is 43.2 Å². The number of hydrogen-bond donors (Lipinski definition) is 2. The first-order valence-corrected chi connectivity index (χ1v) is 10.3. The van der Waals surface area contributed by atoms with Gasteiger partial charge in [-0.15, -0.1) is 0 Å². The lowest BCUT2D eigenvalue weighted by atomic mass is 9.66. The molecule has 2 bridgehead atoms. The lowest BCUT2D eigenvalue weighted by Gasteiger charge is -2.43. The molecule has 4 rings (SSSR count). The van der Waals surface area contributed by atoms with Crippen molar-refractivity contribution in [3.8, 4) is 0 Å². The zero-order chi connectivity index (χ0) is 21.3. The summed E-state index contributed by atoms with van der Waals surface area (Å²) < 4.78 is 5.63. The van der Waals surface area contributed by atoms with Gasteiger partial charge in [0.2, 0.25) is 0 Å². The first-order valence-electron chi connectivity index (χ1n) is 10.3. The van der Waals surface area contributed by atoms with Crippen LogP contribution in [0, 0.1) is 11.8 Å². The van der Waals surface area contributed by atoms with Gasteiger partial charge >= 0.3 is 11.9 Å². The monoisotopic (exact) mass is 407 g/mol. The van der Waals surface area contributed by atoms with Crippen LogP contribution in [-0.4, -0.2) is 34.5 Å². The second-order valence-electron chi connectivity index (χ2n) is 8.28. The lowest BCUT2D eigenvalue weighted by molar-refractivity contribution is -0.155. The summed E-state index contributed by atoms with van der Waals surface area (Å²) in [5.41, 5.74) is 7.32. The Bertz CT molecular complexity index is 945. The highest BCUT2D eigenvalue weighted by Gasteiger charge is 2.64. The number of carbonyl (C=O) groups is 3. The zero-order valence-corrected chi connectivity index (χ0v) is 16.6. The smallest absolute Gasteiger partial charge is 0.306 e. The number of hydrogen-bond acceptors (Lipinski definition) is 5. The van der Waals surface area contributed by atoms with E-state index in [4.69, 9.17) is 15.6 Å². The summed E-state index contributed by atoms with van der Waals surface area (Å²) in [6.07, 6.45) is 0.391. The molecular formula is C24H25NO5. The van der Waals surface area contributed by atoms with Gasteiger partial charge in [0.15, 0.2) is 5.78 Å². The minimum Gasteiger partial charge on any atom is -0.481 e. The largest absolute Gasteiger partial charge is 0.481 e. The number of aliphatic carboxylic acids is 1. The fourth-order valence-electron chi connectivity index (χ4n) is 5.36. The number of benzene rings is 2. The SMILES string of the molecule is N[C@@]1(C(=O)c2ccccc2)[C@H](c2ccccc2)[C@H]2C[C@H](OC(=O)CCC(=O)O)[C@@H]1C2. The molecule has 0 spiro atoms. The second-order valence-corrected chi connectivity index (χ2v) is 8.28. The quantitative estimate of drug-likeness (QED) is 0.539. The van der Waals surface area contributed by atoms with E-state index in [1.807, 2.05) is 48.5 Å². The molecule has 0 radical (unpaired) electrons. The lowest BCUT2D eigenvalue weighted by Crippen LogP contribution is -2.60. The Hall–Kier alpha value is -2.99. The maximum Gasteiger partial charge on any atom is 0.306 e. The van der Waals surface area contributed by atoms with E-state index in [0.717, 1.165) is 5.56 Å². The molecule has 3 N–H and O–H groups in total. The van der Waals surface area contributed by atoms with Crippen molar-refractivity contribution in [3.05, 3.63) is 71.8 Å². The van der Waals surface area contributed by atoms with Crippen LogP contribution in [0.25, 0.3) is 0 Å². The van der Waals surface area contributed by atoms with E-state index in [1.165, 1.54) is 0 Å². The number of ketones is 1. The molecule has 2 aliphatic rings. The van der Waals surface area contributed by atoms with Crippen LogP contribution in [0.3, 0.4) is 0 Å². The average Bonchev–Trinajstić information content (AvgIpc) is 3.29. The second kappa shape index (κ2) is 8.03. The van der Waals surface area contributed by atoms with Gasteiger partial charge in [-0.1, -0.05) is 60.7 Å². The number of carboxylic acid groups (broad SMARTS) is 1. The molecule has 156 valence electrons. The van der Waals surface area contributed by atoms with E-state index >= 15 is 0 Å². The van der Waals surface area contributed by atoms with Crippen molar-refractivity contribution >= 4 is 17.7 Å². The van der Waals surface area contributed by atoms with Gasteiger partial charge in [0, 0.05) is 17.4 Å².